The lowest BCUT2D eigenvalue weighted by molar-refractivity contribution is 1.31. The zero-order valence-corrected chi connectivity index (χ0v) is 10.4. The van der Waals surface area contributed by atoms with E-state index in [4.69, 9.17) is 16.6 Å². The molecule has 0 fully saturated rings. The Hall–Kier alpha value is -1.86. The number of hydrogen-bond acceptors (Lipinski definition) is 1. The predicted molar refractivity (Wildman–Crippen MR) is 76.6 cm³/mol. The van der Waals surface area contributed by atoms with Crippen LogP contribution in [0.3, 0.4) is 0 Å². The molecule has 0 amide bonds. The Balaban J connectivity index is 1.94. The number of halogens is 1. The quantitative estimate of drug-likeness (QED) is 0.653. The van der Waals surface area contributed by atoms with E-state index in [-0.39, 0.29) is 0 Å². The van der Waals surface area contributed by atoms with Crippen LogP contribution in [-0.2, 0) is 6.42 Å². The van der Waals surface area contributed by atoms with Crippen molar-refractivity contribution >= 4 is 34.6 Å². The maximum Gasteiger partial charge on any atom is 0.0712 e. The molecule has 1 aliphatic carbocycles. The molecule has 0 aromatic heterocycles. The van der Waals surface area contributed by atoms with Crippen LogP contribution in [0.4, 0.5) is 5.69 Å². The molecule has 0 saturated carbocycles. The lowest BCUT2D eigenvalue weighted by Gasteiger charge is -2.15. The van der Waals surface area contributed by atoms with Crippen molar-refractivity contribution in [3.8, 4) is 0 Å². The fourth-order valence-electron chi connectivity index (χ4n) is 2.66. The van der Waals surface area contributed by atoms with Gasteiger partial charge in [0.2, 0.25) is 0 Å². The van der Waals surface area contributed by atoms with Crippen molar-refractivity contribution in [2.75, 3.05) is 0 Å². The van der Waals surface area contributed by atoms with Crippen LogP contribution in [0, 0.1) is 0 Å². The zero-order valence-electron chi connectivity index (χ0n) is 9.65. The monoisotopic (exact) mass is 251 g/mol. The van der Waals surface area contributed by atoms with E-state index in [1.54, 1.807) is 0 Å². The number of aliphatic imine (C=N–C) groups is 1. The van der Waals surface area contributed by atoms with Gasteiger partial charge in [-0.1, -0.05) is 35.9 Å². The molecular weight excluding hydrogens is 242 g/mol. The van der Waals surface area contributed by atoms with Gasteiger partial charge in [-0.15, -0.1) is 0 Å². The second-order valence-electron chi connectivity index (χ2n) is 4.65. The fraction of sp³-hybridized carbons (Fsp3) is 0.0625. The number of para-hydroxylation sites is 1. The Morgan fingerprint density at radius 2 is 1.94 bits per heavy atom. The SMILES string of the molecule is Clc1ccc2c(c1)CC1=Nc3ccccc3C1=C2. The highest BCUT2D eigenvalue weighted by atomic mass is 35.5. The van der Waals surface area contributed by atoms with Crippen molar-refractivity contribution in [3.63, 3.8) is 0 Å². The molecule has 2 aromatic rings. The van der Waals surface area contributed by atoms with Gasteiger partial charge in [-0.2, -0.15) is 0 Å². The molecule has 4 rings (SSSR count). The molecule has 0 unspecified atom stereocenters. The van der Waals surface area contributed by atoms with Gasteiger partial charge in [-0.25, -0.2) is 0 Å². The maximum absolute atomic E-state index is 6.05. The molecule has 2 aliphatic rings. The third kappa shape index (κ3) is 1.37. The van der Waals surface area contributed by atoms with Gasteiger partial charge in [0, 0.05) is 22.6 Å². The lowest BCUT2D eigenvalue weighted by atomic mass is 9.88. The first-order valence-corrected chi connectivity index (χ1v) is 6.36. The molecule has 1 nitrogen and oxygen atoms in total. The van der Waals surface area contributed by atoms with E-state index in [9.17, 15) is 0 Å². The minimum Gasteiger partial charge on any atom is -0.252 e. The minimum absolute atomic E-state index is 0.793. The molecule has 0 N–H and O–H groups in total. The standard InChI is InChI=1S/C16H10ClN/c17-12-6-5-10-8-14-13-3-1-2-4-15(13)18-16(14)9-11(10)7-12/h1-8H,9H2. The molecule has 1 heterocycles. The van der Waals surface area contributed by atoms with Gasteiger partial charge in [-0.05, 0) is 35.4 Å². The summed E-state index contributed by atoms with van der Waals surface area (Å²) in [6, 6.07) is 14.4. The van der Waals surface area contributed by atoms with Crippen LogP contribution in [0.25, 0.3) is 11.6 Å². The summed E-state index contributed by atoms with van der Waals surface area (Å²) in [6.07, 6.45) is 3.09. The molecule has 0 atom stereocenters. The molecule has 0 saturated heterocycles. The molecule has 0 spiro atoms. The van der Waals surface area contributed by atoms with Crippen LogP contribution in [0.2, 0.25) is 5.02 Å². The van der Waals surface area contributed by atoms with Gasteiger partial charge in [-0.3, -0.25) is 4.99 Å². The Morgan fingerprint density at radius 3 is 2.89 bits per heavy atom. The third-order valence-electron chi connectivity index (χ3n) is 3.52. The summed E-state index contributed by atoms with van der Waals surface area (Å²) in [5.41, 5.74) is 7.26. The average molecular weight is 252 g/mol. The van der Waals surface area contributed by atoms with Gasteiger partial charge >= 0.3 is 0 Å². The van der Waals surface area contributed by atoms with E-state index in [1.807, 2.05) is 18.2 Å². The van der Waals surface area contributed by atoms with Gasteiger partial charge in [0.05, 0.1) is 11.4 Å². The third-order valence-corrected chi connectivity index (χ3v) is 3.76. The van der Waals surface area contributed by atoms with E-state index in [0.29, 0.717) is 0 Å². The van der Waals surface area contributed by atoms with Gasteiger partial charge < -0.3 is 0 Å². The number of fused-ring (bicyclic) bond motifs is 4. The summed E-state index contributed by atoms with van der Waals surface area (Å²) in [7, 11) is 0. The summed E-state index contributed by atoms with van der Waals surface area (Å²) >= 11 is 6.05. The largest absolute Gasteiger partial charge is 0.252 e. The van der Waals surface area contributed by atoms with Gasteiger partial charge in [0.15, 0.2) is 0 Å². The Labute approximate surface area is 110 Å². The summed E-state index contributed by atoms with van der Waals surface area (Å²) in [5.74, 6) is 0. The molecule has 1 aliphatic heterocycles. The smallest absolute Gasteiger partial charge is 0.0712 e. The molecule has 2 heteroatoms. The zero-order chi connectivity index (χ0) is 12.1. The van der Waals surface area contributed by atoms with Crippen LogP contribution in [0.1, 0.15) is 16.7 Å². The van der Waals surface area contributed by atoms with E-state index >= 15 is 0 Å². The maximum atomic E-state index is 6.05. The van der Waals surface area contributed by atoms with E-state index < -0.39 is 0 Å². The second-order valence-corrected chi connectivity index (χ2v) is 5.09. The second kappa shape index (κ2) is 3.56. The minimum atomic E-state index is 0.793. The Morgan fingerprint density at radius 1 is 1.06 bits per heavy atom. The highest BCUT2D eigenvalue weighted by molar-refractivity contribution is 6.35. The van der Waals surface area contributed by atoms with Crippen molar-refractivity contribution < 1.29 is 0 Å². The number of benzene rings is 2. The topological polar surface area (TPSA) is 12.4 Å². The van der Waals surface area contributed by atoms with Crippen LogP contribution in [-0.4, -0.2) is 5.71 Å². The first-order valence-electron chi connectivity index (χ1n) is 5.99. The molecule has 0 radical (unpaired) electrons. The Kier molecular flexibility index (Phi) is 2.00. The molecule has 86 valence electrons. The van der Waals surface area contributed by atoms with Gasteiger partial charge in [0.25, 0.3) is 0 Å². The van der Waals surface area contributed by atoms with Crippen LogP contribution < -0.4 is 0 Å². The van der Waals surface area contributed by atoms with Crippen molar-refractivity contribution in [2.45, 2.75) is 6.42 Å². The summed E-state index contributed by atoms with van der Waals surface area (Å²) in [6.45, 7) is 0. The van der Waals surface area contributed by atoms with Crippen LogP contribution in [0.15, 0.2) is 47.5 Å². The number of rotatable bonds is 0. The molecular formula is C16H10ClN. The predicted octanol–water partition coefficient (Wildman–Crippen LogP) is 4.52. The van der Waals surface area contributed by atoms with Crippen molar-refractivity contribution in [1.82, 2.24) is 0 Å². The molecule has 2 aromatic carbocycles. The van der Waals surface area contributed by atoms with E-state index in [0.717, 1.165) is 22.8 Å². The van der Waals surface area contributed by atoms with Gasteiger partial charge in [0.1, 0.15) is 0 Å². The highest BCUT2D eigenvalue weighted by Gasteiger charge is 2.24. The number of allylic oxidation sites excluding steroid dienone is 1. The first-order chi connectivity index (χ1) is 8.81. The summed E-state index contributed by atoms with van der Waals surface area (Å²) < 4.78 is 0. The average Bonchev–Trinajstić information content (AvgIpc) is 2.73. The summed E-state index contributed by atoms with van der Waals surface area (Å²) in [5, 5.41) is 0.793. The van der Waals surface area contributed by atoms with E-state index in [1.165, 1.54) is 22.3 Å². The van der Waals surface area contributed by atoms with Crippen molar-refractivity contribution in [1.29, 1.82) is 0 Å². The Bertz CT molecular complexity index is 726. The fourth-order valence-corrected chi connectivity index (χ4v) is 2.85. The number of nitrogens with zero attached hydrogens (tertiary/aromatic N) is 1. The first kappa shape index (κ1) is 10.1. The van der Waals surface area contributed by atoms with Crippen molar-refractivity contribution in [2.24, 2.45) is 4.99 Å². The normalized spacial score (nSPS) is 15.4. The summed E-state index contributed by atoms with van der Waals surface area (Å²) in [4.78, 5) is 4.71. The molecule has 18 heavy (non-hydrogen) atoms. The molecule has 0 bridgehead atoms. The van der Waals surface area contributed by atoms with Crippen LogP contribution >= 0.6 is 11.6 Å². The van der Waals surface area contributed by atoms with E-state index in [2.05, 4.69) is 30.3 Å². The van der Waals surface area contributed by atoms with Crippen LogP contribution in [0.5, 0.6) is 0 Å². The van der Waals surface area contributed by atoms with Crippen molar-refractivity contribution in [3.05, 3.63) is 64.2 Å². The number of hydrogen-bond donors (Lipinski definition) is 0. The highest BCUT2D eigenvalue weighted by Crippen LogP contribution is 2.40. The lowest BCUT2D eigenvalue weighted by Crippen LogP contribution is -2.08.